The van der Waals surface area contributed by atoms with Crippen LogP contribution in [-0.2, 0) is 24.5 Å². The van der Waals surface area contributed by atoms with Crippen LogP contribution in [-0.4, -0.2) is 34.0 Å². The number of primary amides is 1. The summed E-state index contributed by atoms with van der Waals surface area (Å²) < 4.78 is 48.9. The third-order valence-electron chi connectivity index (χ3n) is 4.30. The van der Waals surface area contributed by atoms with Crippen molar-refractivity contribution in [1.29, 1.82) is 0 Å². The van der Waals surface area contributed by atoms with Crippen molar-refractivity contribution in [2.24, 2.45) is 5.73 Å². The van der Waals surface area contributed by atoms with Crippen LogP contribution >= 0.6 is 0 Å². The lowest BCUT2D eigenvalue weighted by Crippen LogP contribution is -2.08. The Hall–Kier alpha value is -3.30. The largest absolute Gasteiger partial charge is 0.366 e. The smallest absolute Gasteiger partial charge is 0.242 e. The summed E-state index contributed by atoms with van der Waals surface area (Å²) in [6, 6.07) is 14.5. The lowest BCUT2D eigenvalue weighted by atomic mass is 9.99. The topological polar surface area (TPSA) is 124 Å². The average molecular weight is 443 g/mol. The molecule has 1 aromatic heterocycles. The fourth-order valence-electron chi connectivity index (χ4n) is 2.81. The van der Waals surface area contributed by atoms with Crippen LogP contribution in [0, 0.1) is 0 Å². The standard InChI is InChI=1S/C21H18N2O5S2/c1-29(25,26)17-8-10-19(11-9-17)30(27,28)18-6-4-15(5-7-18)20(13-21(22)24)16-3-2-12-23-14-16/h2-14H,1H3,(H2,22,24). The quantitative estimate of drug-likeness (QED) is 0.584. The Balaban J connectivity index is 1.99. The molecule has 0 spiro atoms. The predicted octanol–water partition coefficient (Wildman–Crippen LogP) is 2.23. The minimum absolute atomic E-state index is 0.0252. The Labute approximate surface area is 174 Å². The van der Waals surface area contributed by atoms with E-state index >= 15 is 0 Å². The van der Waals surface area contributed by atoms with E-state index in [2.05, 4.69) is 4.98 Å². The van der Waals surface area contributed by atoms with Gasteiger partial charge in [-0.2, -0.15) is 0 Å². The fourth-order valence-corrected chi connectivity index (χ4v) is 4.70. The first-order valence-electron chi connectivity index (χ1n) is 8.66. The molecular formula is C21H18N2O5S2. The van der Waals surface area contributed by atoms with Crippen molar-refractivity contribution < 1.29 is 21.6 Å². The third kappa shape index (κ3) is 4.64. The van der Waals surface area contributed by atoms with E-state index in [-0.39, 0.29) is 14.7 Å². The monoisotopic (exact) mass is 442 g/mol. The molecule has 154 valence electrons. The van der Waals surface area contributed by atoms with Crippen molar-refractivity contribution in [2.45, 2.75) is 14.7 Å². The van der Waals surface area contributed by atoms with Gasteiger partial charge in [-0.15, -0.1) is 0 Å². The summed E-state index contributed by atoms with van der Waals surface area (Å²) in [5.41, 5.74) is 7.07. The van der Waals surface area contributed by atoms with Crippen LogP contribution in [0.5, 0.6) is 0 Å². The lowest BCUT2D eigenvalue weighted by Gasteiger charge is -2.10. The number of hydrogen-bond acceptors (Lipinski definition) is 6. The van der Waals surface area contributed by atoms with Crippen molar-refractivity contribution in [3.05, 3.63) is 90.3 Å². The number of sulfone groups is 2. The van der Waals surface area contributed by atoms with Gasteiger partial charge in [0.05, 0.1) is 14.7 Å². The molecule has 9 heteroatoms. The number of benzene rings is 2. The van der Waals surface area contributed by atoms with Crippen LogP contribution in [0.1, 0.15) is 11.1 Å². The Bertz CT molecular complexity index is 1310. The number of pyridine rings is 1. The number of carbonyl (C=O) groups excluding carboxylic acids is 1. The fraction of sp³-hybridized carbons (Fsp3) is 0.0476. The summed E-state index contributed by atoms with van der Waals surface area (Å²) in [5.74, 6) is -0.642. The van der Waals surface area contributed by atoms with Crippen molar-refractivity contribution in [2.75, 3.05) is 6.26 Å². The molecule has 1 amide bonds. The van der Waals surface area contributed by atoms with Gasteiger partial charge in [-0.3, -0.25) is 9.78 Å². The number of rotatable bonds is 6. The highest BCUT2D eigenvalue weighted by Gasteiger charge is 2.19. The Morgan fingerprint density at radius 2 is 1.37 bits per heavy atom. The summed E-state index contributed by atoms with van der Waals surface area (Å²) in [7, 11) is -7.27. The Morgan fingerprint density at radius 3 is 1.83 bits per heavy atom. The molecule has 2 N–H and O–H groups in total. The van der Waals surface area contributed by atoms with Crippen LogP contribution in [0.3, 0.4) is 0 Å². The molecule has 0 saturated carbocycles. The van der Waals surface area contributed by atoms with Gasteiger partial charge in [-0.05, 0) is 53.6 Å². The molecule has 0 atom stereocenters. The van der Waals surface area contributed by atoms with E-state index in [1.165, 1.54) is 42.5 Å². The summed E-state index contributed by atoms with van der Waals surface area (Å²) in [6.45, 7) is 0. The molecule has 3 rings (SSSR count). The zero-order valence-corrected chi connectivity index (χ0v) is 17.5. The van der Waals surface area contributed by atoms with Gasteiger partial charge in [0.15, 0.2) is 9.84 Å². The maximum Gasteiger partial charge on any atom is 0.242 e. The van der Waals surface area contributed by atoms with Crippen molar-refractivity contribution >= 4 is 31.2 Å². The number of hydrogen-bond donors (Lipinski definition) is 1. The summed E-state index contributed by atoms with van der Waals surface area (Å²) in [5, 5.41) is 0. The van der Waals surface area contributed by atoms with Gasteiger partial charge in [0.1, 0.15) is 0 Å². The van der Waals surface area contributed by atoms with Gasteiger partial charge >= 0.3 is 0 Å². The molecule has 0 unspecified atom stereocenters. The highest BCUT2D eigenvalue weighted by atomic mass is 32.2. The minimum atomic E-state index is -3.85. The number of aromatic nitrogens is 1. The number of amides is 1. The van der Waals surface area contributed by atoms with Crippen LogP contribution in [0.2, 0.25) is 0 Å². The van der Waals surface area contributed by atoms with Crippen LogP contribution in [0.4, 0.5) is 0 Å². The molecule has 0 aliphatic rings. The van der Waals surface area contributed by atoms with Crippen molar-refractivity contribution in [1.82, 2.24) is 4.98 Å². The van der Waals surface area contributed by atoms with Crippen molar-refractivity contribution in [3.63, 3.8) is 0 Å². The summed E-state index contributed by atoms with van der Waals surface area (Å²) >= 11 is 0. The number of carbonyl (C=O) groups is 1. The molecule has 0 radical (unpaired) electrons. The zero-order chi connectivity index (χ0) is 21.9. The van der Waals surface area contributed by atoms with E-state index in [4.69, 9.17) is 5.73 Å². The predicted molar refractivity (Wildman–Crippen MR) is 112 cm³/mol. The molecular weight excluding hydrogens is 424 g/mol. The molecule has 1 heterocycles. The van der Waals surface area contributed by atoms with E-state index < -0.39 is 25.6 Å². The number of nitrogens with zero attached hydrogens (tertiary/aromatic N) is 1. The maximum atomic E-state index is 12.9. The van der Waals surface area contributed by atoms with Crippen LogP contribution < -0.4 is 5.73 Å². The molecule has 0 saturated heterocycles. The third-order valence-corrected chi connectivity index (χ3v) is 7.21. The molecule has 2 aromatic carbocycles. The highest BCUT2D eigenvalue weighted by Crippen LogP contribution is 2.27. The van der Waals surface area contributed by atoms with Gasteiger partial charge in [-0.25, -0.2) is 16.8 Å². The van der Waals surface area contributed by atoms with Gasteiger partial charge in [0, 0.05) is 30.3 Å². The molecule has 3 aromatic rings. The van der Waals surface area contributed by atoms with Gasteiger partial charge in [0.25, 0.3) is 0 Å². The van der Waals surface area contributed by atoms with E-state index in [0.717, 1.165) is 6.26 Å². The van der Waals surface area contributed by atoms with Crippen LogP contribution in [0.25, 0.3) is 5.57 Å². The normalized spacial score (nSPS) is 12.5. The lowest BCUT2D eigenvalue weighted by molar-refractivity contribution is -0.113. The Morgan fingerprint density at radius 1 is 0.833 bits per heavy atom. The van der Waals surface area contributed by atoms with Gasteiger partial charge in [0.2, 0.25) is 15.7 Å². The van der Waals surface area contributed by atoms with Gasteiger partial charge in [-0.1, -0.05) is 18.2 Å². The highest BCUT2D eigenvalue weighted by molar-refractivity contribution is 7.91. The van der Waals surface area contributed by atoms with Crippen LogP contribution in [0.15, 0.2) is 93.8 Å². The van der Waals surface area contributed by atoms with E-state index in [1.807, 2.05) is 0 Å². The van der Waals surface area contributed by atoms with E-state index in [1.54, 1.807) is 36.7 Å². The molecule has 30 heavy (non-hydrogen) atoms. The molecule has 0 bridgehead atoms. The molecule has 0 aliphatic heterocycles. The van der Waals surface area contributed by atoms with Crippen molar-refractivity contribution in [3.8, 4) is 0 Å². The van der Waals surface area contributed by atoms with E-state index in [9.17, 15) is 21.6 Å². The molecule has 0 fully saturated rings. The maximum absolute atomic E-state index is 12.9. The Kier molecular flexibility index (Phi) is 5.86. The van der Waals surface area contributed by atoms with E-state index in [0.29, 0.717) is 16.7 Å². The average Bonchev–Trinajstić information content (AvgIpc) is 2.72. The molecule has 7 nitrogen and oxygen atoms in total. The second-order valence-electron chi connectivity index (χ2n) is 6.47. The second kappa shape index (κ2) is 8.21. The first-order valence-corrected chi connectivity index (χ1v) is 12.0. The minimum Gasteiger partial charge on any atom is -0.366 e. The SMILES string of the molecule is CS(=O)(=O)c1ccc(S(=O)(=O)c2ccc(C(=CC(N)=O)c3cccnc3)cc2)cc1. The first kappa shape index (κ1) is 21.4. The zero-order valence-electron chi connectivity index (χ0n) is 15.9. The summed E-state index contributed by atoms with van der Waals surface area (Å²) in [6.07, 6.45) is 5.47. The number of nitrogens with two attached hydrogens (primary N) is 1. The van der Waals surface area contributed by atoms with Gasteiger partial charge < -0.3 is 5.73 Å². The first-order chi connectivity index (χ1) is 14.1. The summed E-state index contributed by atoms with van der Waals surface area (Å²) in [4.78, 5) is 15.5. The molecule has 0 aliphatic carbocycles. The second-order valence-corrected chi connectivity index (χ2v) is 10.4.